The van der Waals surface area contributed by atoms with Crippen LogP contribution in [0.15, 0.2) is 30.5 Å². The summed E-state index contributed by atoms with van der Waals surface area (Å²) in [4.78, 5) is 4.28. The summed E-state index contributed by atoms with van der Waals surface area (Å²) in [6.45, 7) is -1.00. The van der Waals surface area contributed by atoms with Crippen molar-refractivity contribution >= 4 is 32.5 Å². The minimum atomic E-state index is -3.75. The standard InChI is InChI=1S/C22H24F4N8O3S/c1-37-20-19-14(13-3-4-15-16(11-13)33(31-29-15)10-7-18(23)24)5-9-34(19)30-21(28-20)27-17-6-8-32(38(2,35)36)12-22(17,25)26/h3-5,9,11,17-18H,6-8,10,12H2,1-2H3,(H,27,30). The zero-order valence-electron chi connectivity index (χ0n) is 20.4. The first-order valence-corrected chi connectivity index (χ1v) is 13.5. The lowest BCUT2D eigenvalue weighted by Crippen LogP contribution is -2.55. The molecule has 3 aromatic heterocycles. The first kappa shape index (κ1) is 26.1. The quantitative estimate of drug-likeness (QED) is 0.329. The number of nitrogens with one attached hydrogen (secondary N) is 1. The van der Waals surface area contributed by atoms with Gasteiger partial charge in [-0.3, -0.25) is 0 Å². The van der Waals surface area contributed by atoms with E-state index in [2.05, 4.69) is 25.7 Å². The number of hydrogen-bond acceptors (Lipinski definition) is 8. The molecule has 1 aromatic carbocycles. The molecule has 1 saturated heterocycles. The van der Waals surface area contributed by atoms with E-state index in [0.717, 1.165) is 10.6 Å². The van der Waals surface area contributed by atoms with Crippen molar-refractivity contribution in [2.24, 2.45) is 0 Å². The lowest BCUT2D eigenvalue weighted by Gasteiger charge is -2.37. The van der Waals surface area contributed by atoms with Gasteiger partial charge in [-0.05, 0) is 30.2 Å². The fourth-order valence-corrected chi connectivity index (χ4v) is 5.32. The molecule has 0 radical (unpaired) electrons. The van der Waals surface area contributed by atoms with Gasteiger partial charge in [0.15, 0.2) is 0 Å². The lowest BCUT2D eigenvalue weighted by molar-refractivity contribution is -0.0541. The van der Waals surface area contributed by atoms with Crippen molar-refractivity contribution in [3.8, 4) is 17.0 Å². The summed E-state index contributed by atoms with van der Waals surface area (Å²) in [6, 6.07) is 5.61. The number of halogens is 4. The number of fused-ring (bicyclic) bond motifs is 2. The predicted molar refractivity (Wildman–Crippen MR) is 130 cm³/mol. The van der Waals surface area contributed by atoms with E-state index in [9.17, 15) is 26.0 Å². The fourth-order valence-electron chi connectivity index (χ4n) is 4.47. The highest BCUT2D eigenvalue weighted by Gasteiger charge is 2.47. The number of alkyl halides is 4. The number of rotatable bonds is 8. The molecule has 11 nitrogen and oxygen atoms in total. The third kappa shape index (κ3) is 4.97. The second-order valence-electron chi connectivity index (χ2n) is 9.01. The zero-order valence-corrected chi connectivity index (χ0v) is 21.2. The van der Waals surface area contributed by atoms with Crippen molar-refractivity contribution in [1.29, 1.82) is 0 Å². The molecule has 4 aromatic rings. The van der Waals surface area contributed by atoms with Gasteiger partial charge in [0.1, 0.15) is 11.0 Å². The summed E-state index contributed by atoms with van der Waals surface area (Å²) < 4.78 is 87.4. The monoisotopic (exact) mass is 556 g/mol. The fraction of sp³-hybridized carbons (Fsp3) is 0.455. The van der Waals surface area contributed by atoms with Crippen molar-refractivity contribution in [3.63, 3.8) is 0 Å². The number of anilines is 1. The van der Waals surface area contributed by atoms with E-state index in [1.807, 2.05) is 0 Å². The Hall–Kier alpha value is -3.53. The Kier molecular flexibility index (Phi) is 6.63. The van der Waals surface area contributed by atoms with E-state index >= 15 is 0 Å². The van der Waals surface area contributed by atoms with Gasteiger partial charge in [-0.25, -0.2) is 35.2 Å². The zero-order chi connectivity index (χ0) is 27.2. The maximum atomic E-state index is 14.8. The highest BCUT2D eigenvalue weighted by atomic mass is 32.2. The summed E-state index contributed by atoms with van der Waals surface area (Å²) in [6.07, 6.45) is -0.464. The largest absolute Gasteiger partial charge is 0.479 e. The molecule has 0 bridgehead atoms. The number of hydrogen-bond donors (Lipinski definition) is 1. The minimum Gasteiger partial charge on any atom is -0.479 e. The van der Waals surface area contributed by atoms with Gasteiger partial charge in [0, 0.05) is 31.3 Å². The summed E-state index contributed by atoms with van der Waals surface area (Å²) in [5.74, 6) is -3.35. The number of sulfonamides is 1. The van der Waals surface area contributed by atoms with Gasteiger partial charge in [-0.1, -0.05) is 11.3 Å². The molecule has 1 N–H and O–H groups in total. The minimum absolute atomic E-state index is 0.00331. The average Bonchev–Trinajstić information content (AvgIpc) is 3.46. The highest BCUT2D eigenvalue weighted by Crippen LogP contribution is 2.34. The Bertz CT molecular complexity index is 1590. The van der Waals surface area contributed by atoms with Crippen LogP contribution in [-0.4, -0.2) is 87.2 Å². The van der Waals surface area contributed by atoms with Crippen LogP contribution >= 0.6 is 0 Å². The van der Waals surface area contributed by atoms with Crippen molar-refractivity contribution < 1.29 is 30.7 Å². The molecule has 16 heteroatoms. The second-order valence-corrected chi connectivity index (χ2v) is 11.0. The number of aromatic nitrogens is 6. The molecule has 1 unspecified atom stereocenters. The molecular formula is C22H24F4N8O3S. The van der Waals surface area contributed by atoms with Crippen molar-refractivity contribution in [2.45, 2.75) is 37.8 Å². The van der Waals surface area contributed by atoms with E-state index in [-0.39, 0.29) is 37.8 Å². The van der Waals surface area contributed by atoms with Crippen molar-refractivity contribution in [1.82, 2.24) is 33.9 Å². The van der Waals surface area contributed by atoms with Gasteiger partial charge in [-0.2, -0.15) is 9.29 Å². The van der Waals surface area contributed by atoms with Gasteiger partial charge in [0.25, 0.3) is 5.92 Å². The topological polar surface area (TPSA) is 120 Å². The van der Waals surface area contributed by atoms with E-state index < -0.39 is 35.0 Å². The molecule has 1 aliphatic heterocycles. The molecule has 4 heterocycles. The predicted octanol–water partition coefficient (Wildman–Crippen LogP) is 2.89. The van der Waals surface area contributed by atoms with Crippen LogP contribution < -0.4 is 10.1 Å². The van der Waals surface area contributed by atoms with Crippen LogP contribution in [0.5, 0.6) is 5.88 Å². The SMILES string of the molecule is COc1nc(NC2CCN(S(C)(=O)=O)CC2(F)F)nn2ccc(-c3ccc4nnn(CCC(F)F)c4c3)c12. The van der Waals surface area contributed by atoms with Gasteiger partial charge in [-0.15, -0.1) is 10.2 Å². The number of nitrogens with zero attached hydrogens (tertiary/aromatic N) is 7. The number of aryl methyl sites for hydroxylation is 1. The number of benzene rings is 1. The molecule has 0 spiro atoms. The summed E-state index contributed by atoms with van der Waals surface area (Å²) in [5, 5.41) is 14.9. The Morgan fingerprint density at radius 3 is 2.74 bits per heavy atom. The van der Waals surface area contributed by atoms with E-state index in [1.165, 1.54) is 16.3 Å². The first-order chi connectivity index (χ1) is 18.0. The van der Waals surface area contributed by atoms with Crippen LogP contribution in [0.4, 0.5) is 23.5 Å². The van der Waals surface area contributed by atoms with E-state index in [4.69, 9.17) is 4.74 Å². The van der Waals surface area contributed by atoms with Crippen molar-refractivity contribution in [2.75, 3.05) is 31.8 Å². The molecule has 5 rings (SSSR count). The van der Waals surface area contributed by atoms with Gasteiger partial charge < -0.3 is 10.1 Å². The van der Waals surface area contributed by atoms with Crippen LogP contribution in [0.3, 0.4) is 0 Å². The molecule has 1 fully saturated rings. The Morgan fingerprint density at radius 1 is 1.26 bits per heavy atom. The maximum absolute atomic E-state index is 14.8. The summed E-state index contributed by atoms with van der Waals surface area (Å²) in [5.41, 5.74) is 2.93. The molecule has 1 atom stereocenters. The highest BCUT2D eigenvalue weighted by molar-refractivity contribution is 7.88. The molecule has 0 saturated carbocycles. The van der Waals surface area contributed by atoms with E-state index in [1.54, 1.807) is 30.5 Å². The van der Waals surface area contributed by atoms with Crippen LogP contribution in [0.2, 0.25) is 0 Å². The number of ether oxygens (including phenoxy) is 1. The molecule has 0 aliphatic carbocycles. The Labute approximate surface area is 214 Å². The first-order valence-electron chi connectivity index (χ1n) is 11.6. The van der Waals surface area contributed by atoms with Gasteiger partial charge in [0.05, 0.1) is 31.5 Å². The van der Waals surface area contributed by atoms with Crippen LogP contribution in [0.25, 0.3) is 27.7 Å². The van der Waals surface area contributed by atoms with Crippen molar-refractivity contribution in [3.05, 3.63) is 30.5 Å². The molecular weight excluding hydrogens is 532 g/mol. The van der Waals surface area contributed by atoms with Crippen LogP contribution in [0.1, 0.15) is 12.8 Å². The third-order valence-corrected chi connectivity index (χ3v) is 7.64. The summed E-state index contributed by atoms with van der Waals surface area (Å²) >= 11 is 0. The smallest absolute Gasteiger partial charge is 0.281 e. The normalized spacial score (nSPS) is 18.4. The van der Waals surface area contributed by atoms with E-state index in [0.29, 0.717) is 27.7 Å². The lowest BCUT2D eigenvalue weighted by atomic mass is 10.0. The second kappa shape index (κ2) is 9.65. The summed E-state index contributed by atoms with van der Waals surface area (Å²) in [7, 11) is -2.37. The van der Waals surface area contributed by atoms with Gasteiger partial charge >= 0.3 is 0 Å². The third-order valence-electron chi connectivity index (χ3n) is 6.39. The molecule has 0 amide bonds. The van der Waals surface area contributed by atoms with Gasteiger partial charge in [0.2, 0.25) is 28.3 Å². The average molecular weight is 557 g/mol. The molecule has 1 aliphatic rings. The molecule has 38 heavy (non-hydrogen) atoms. The van der Waals surface area contributed by atoms with Crippen LogP contribution in [-0.2, 0) is 16.6 Å². The Morgan fingerprint density at radius 2 is 2.05 bits per heavy atom. The maximum Gasteiger partial charge on any atom is 0.281 e. The number of methoxy groups -OCH3 is 1. The van der Waals surface area contributed by atoms with Crippen LogP contribution in [0, 0.1) is 0 Å². The number of piperidine rings is 1. The molecule has 204 valence electrons. The Balaban J connectivity index is 1.46.